The van der Waals surface area contributed by atoms with Crippen molar-refractivity contribution in [3.8, 4) is 22.9 Å². The van der Waals surface area contributed by atoms with Gasteiger partial charge in [0, 0.05) is 35.2 Å². The molecule has 6 heteroatoms. The molecule has 0 radical (unpaired) electrons. The molecule has 5 nitrogen and oxygen atoms in total. The van der Waals surface area contributed by atoms with E-state index in [0.717, 1.165) is 42.4 Å². The van der Waals surface area contributed by atoms with E-state index in [4.69, 9.17) is 9.47 Å². The Kier molecular flexibility index (Phi) is 6.01. The minimum Gasteiger partial charge on any atom is -0.513 e. The number of aromatic nitrogens is 2. The van der Waals surface area contributed by atoms with Gasteiger partial charge in [-0.15, -0.1) is 0 Å². The third-order valence-corrected chi connectivity index (χ3v) is 7.42. The molecule has 1 aromatic carbocycles. The van der Waals surface area contributed by atoms with Crippen molar-refractivity contribution in [1.29, 1.82) is 0 Å². The maximum absolute atomic E-state index is 14.8. The Balaban J connectivity index is 1.40. The Labute approximate surface area is 212 Å². The summed E-state index contributed by atoms with van der Waals surface area (Å²) in [5.74, 6) is 0.986. The summed E-state index contributed by atoms with van der Waals surface area (Å²) in [6.07, 6.45) is 6.81. The van der Waals surface area contributed by atoms with Crippen molar-refractivity contribution in [2.75, 3.05) is 7.11 Å². The summed E-state index contributed by atoms with van der Waals surface area (Å²) >= 11 is 0. The van der Waals surface area contributed by atoms with Gasteiger partial charge in [0.05, 0.1) is 19.1 Å². The Hall–Kier alpha value is -3.41. The number of hydrogen-bond donors (Lipinski definition) is 1. The van der Waals surface area contributed by atoms with E-state index in [0.29, 0.717) is 23.9 Å². The van der Waals surface area contributed by atoms with Crippen molar-refractivity contribution in [2.24, 2.45) is 11.3 Å². The summed E-state index contributed by atoms with van der Waals surface area (Å²) in [5, 5.41) is 9.95. The summed E-state index contributed by atoms with van der Waals surface area (Å²) in [5.41, 5.74) is 5.81. The topological polar surface area (TPSA) is 64.5 Å². The first-order valence-corrected chi connectivity index (χ1v) is 12.4. The lowest BCUT2D eigenvalue weighted by Crippen LogP contribution is -2.11. The molecule has 0 aliphatic heterocycles. The number of methoxy groups -OCH3 is 1. The molecule has 188 valence electrons. The second-order valence-corrected chi connectivity index (χ2v) is 11.3. The number of fused-ring (bicyclic) bond motifs is 2. The number of hydrogen-bond acceptors (Lipinski definition) is 5. The van der Waals surface area contributed by atoms with Gasteiger partial charge in [-0.05, 0) is 58.9 Å². The number of halogens is 1. The molecular formula is C30H33FN2O3. The largest absolute Gasteiger partial charge is 0.513 e. The highest BCUT2D eigenvalue weighted by atomic mass is 19.1. The molecule has 2 atom stereocenters. The number of aliphatic hydroxyl groups excluding tert-OH is 1. The molecule has 3 aromatic rings. The molecular weight excluding hydrogens is 455 g/mol. The SMILES string of the molecule is C=C(O)C1CC12CCc1cnc(OCc3ccc(-c4cc(OC)ncc4F)c(CC(C)(C)C)c3)cc12. The van der Waals surface area contributed by atoms with Gasteiger partial charge in [-0.25, -0.2) is 14.4 Å². The van der Waals surface area contributed by atoms with Gasteiger partial charge in [0.2, 0.25) is 11.8 Å². The third kappa shape index (κ3) is 4.57. The standard InChI is InChI=1S/C30H33FN2O3/c1-18(34)25-14-30(25)9-8-20-15-32-28(12-24(20)30)36-17-19-6-7-22(21(10-19)13-29(2,3)4)23-11-27(35-5)33-16-26(23)31/h6-7,10-12,15-16,25,34H,1,8-9,13-14,17H2,2-5H3. The summed E-state index contributed by atoms with van der Waals surface area (Å²) in [6.45, 7) is 10.6. The van der Waals surface area contributed by atoms with E-state index < -0.39 is 0 Å². The maximum Gasteiger partial charge on any atom is 0.213 e. The maximum atomic E-state index is 14.8. The molecule has 0 amide bonds. The van der Waals surface area contributed by atoms with Crippen molar-refractivity contribution in [1.82, 2.24) is 9.97 Å². The zero-order valence-corrected chi connectivity index (χ0v) is 21.4. The first-order chi connectivity index (χ1) is 17.1. The summed E-state index contributed by atoms with van der Waals surface area (Å²) in [4.78, 5) is 8.51. The van der Waals surface area contributed by atoms with Gasteiger partial charge in [-0.3, -0.25) is 0 Å². The van der Waals surface area contributed by atoms with Crippen molar-refractivity contribution in [2.45, 2.75) is 58.5 Å². The van der Waals surface area contributed by atoms with E-state index in [1.54, 1.807) is 6.07 Å². The monoisotopic (exact) mass is 488 g/mol. The number of rotatable bonds is 7. The quantitative estimate of drug-likeness (QED) is 0.373. The molecule has 1 fully saturated rings. The number of benzene rings is 1. The lowest BCUT2D eigenvalue weighted by atomic mass is 9.84. The highest BCUT2D eigenvalue weighted by Gasteiger charge is 2.59. The van der Waals surface area contributed by atoms with E-state index in [1.807, 2.05) is 24.4 Å². The fraction of sp³-hybridized carbons (Fsp3) is 0.400. The normalized spacial score (nSPS) is 20.3. The molecule has 0 saturated heterocycles. The predicted octanol–water partition coefficient (Wildman–Crippen LogP) is 6.73. The first kappa shape index (κ1) is 24.3. The Morgan fingerprint density at radius 1 is 1.14 bits per heavy atom. The second kappa shape index (κ2) is 8.91. The van der Waals surface area contributed by atoms with Crippen LogP contribution >= 0.6 is 0 Å². The van der Waals surface area contributed by atoms with E-state index in [9.17, 15) is 9.50 Å². The lowest BCUT2D eigenvalue weighted by molar-refractivity contribution is 0.293. The van der Waals surface area contributed by atoms with Crippen LogP contribution in [0.3, 0.4) is 0 Å². The van der Waals surface area contributed by atoms with E-state index in [-0.39, 0.29) is 28.3 Å². The number of aliphatic hydroxyl groups is 1. The average molecular weight is 489 g/mol. The molecule has 2 heterocycles. The zero-order valence-electron chi connectivity index (χ0n) is 21.4. The molecule has 2 aliphatic carbocycles. The molecule has 2 aliphatic rings. The highest BCUT2D eigenvalue weighted by molar-refractivity contribution is 5.69. The van der Waals surface area contributed by atoms with Gasteiger partial charge >= 0.3 is 0 Å². The Morgan fingerprint density at radius 3 is 2.61 bits per heavy atom. The number of ether oxygens (including phenoxy) is 2. The van der Waals surface area contributed by atoms with Gasteiger partial charge in [0.25, 0.3) is 0 Å². The van der Waals surface area contributed by atoms with Gasteiger partial charge < -0.3 is 14.6 Å². The molecule has 0 bridgehead atoms. The minimum absolute atomic E-state index is 0.000582. The molecule has 1 N–H and O–H groups in total. The van der Waals surface area contributed by atoms with Crippen LogP contribution in [0.25, 0.3) is 11.1 Å². The van der Waals surface area contributed by atoms with Crippen LogP contribution < -0.4 is 9.47 Å². The van der Waals surface area contributed by atoms with E-state index in [1.165, 1.54) is 24.4 Å². The van der Waals surface area contributed by atoms with Crippen LogP contribution in [0.1, 0.15) is 55.9 Å². The third-order valence-electron chi connectivity index (χ3n) is 7.42. The van der Waals surface area contributed by atoms with Crippen molar-refractivity contribution in [3.05, 3.63) is 83.1 Å². The number of nitrogens with zero attached hydrogens (tertiary/aromatic N) is 2. The second-order valence-electron chi connectivity index (χ2n) is 11.3. The Bertz CT molecular complexity index is 1330. The van der Waals surface area contributed by atoms with E-state index >= 15 is 0 Å². The summed E-state index contributed by atoms with van der Waals surface area (Å²) in [6, 6.07) is 9.69. The van der Waals surface area contributed by atoms with Gasteiger partial charge in [0.1, 0.15) is 12.4 Å². The summed E-state index contributed by atoms with van der Waals surface area (Å²) in [7, 11) is 1.53. The van der Waals surface area contributed by atoms with Gasteiger partial charge in [-0.2, -0.15) is 0 Å². The molecule has 2 aromatic heterocycles. The number of pyridine rings is 2. The molecule has 36 heavy (non-hydrogen) atoms. The van der Waals surface area contributed by atoms with Crippen LogP contribution in [0.5, 0.6) is 11.8 Å². The fourth-order valence-electron chi connectivity index (χ4n) is 5.63. The van der Waals surface area contributed by atoms with E-state index in [2.05, 4.69) is 43.4 Å². The first-order valence-electron chi connectivity index (χ1n) is 12.4. The molecule has 1 spiro atoms. The highest BCUT2D eigenvalue weighted by Crippen LogP contribution is 2.63. The van der Waals surface area contributed by atoms with Crippen molar-refractivity contribution in [3.63, 3.8) is 0 Å². The Morgan fingerprint density at radius 2 is 1.92 bits per heavy atom. The molecule has 1 saturated carbocycles. The minimum atomic E-state index is -0.379. The van der Waals surface area contributed by atoms with Crippen LogP contribution in [0, 0.1) is 17.2 Å². The summed E-state index contributed by atoms with van der Waals surface area (Å²) < 4.78 is 26.1. The number of aryl methyl sites for hydroxylation is 1. The number of allylic oxidation sites excluding steroid dienone is 1. The van der Waals surface area contributed by atoms with Crippen molar-refractivity contribution >= 4 is 0 Å². The van der Waals surface area contributed by atoms with Gasteiger partial charge in [0.15, 0.2) is 0 Å². The zero-order chi connectivity index (χ0) is 25.7. The lowest BCUT2D eigenvalue weighted by Gasteiger charge is -2.22. The average Bonchev–Trinajstić information content (AvgIpc) is 3.47. The van der Waals surface area contributed by atoms with Crippen LogP contribution in [-0.4, -0.2) is 22.2 Å². The van der Waals surface area contributed by atoms with Crippen LogP contribution in [-0.2, 0) is 24.9 Å². The molecule has 5 rings (SSSR count). The van der Waals surface area contributed by atoms with Gasteiger partial charge in [-0.1, -0.05) is 45.5 Å². The molecule has 2 unspecified atom stereocenters. The van der Waals surface area contributed by atoms with Crippen LogP contribution in [0.2, 0.25) is 0 Å². The van der Waals surface area contributed by atoms with Crippen LogP contribution in [0.4, 0.5) is 4.39 Å². The van der Waals surface area contributed by atoms with Crippen molar-refractivity contribution < 1.29 is 19.0 Å². The predicted molar refractivity (Wildman–Crippen MR) is 138 cm³/mol. The van der Waals surface area contributed by atoms with Crippen LogP contribution in [0.15, 0.2) is 55.1 Å². The smallest absolute Gasteiger partial charge is 0.213 e. The fourth-order valence-corrected chi connectivity index (χ4v) is 5.63.